The number of halogens is 1. The maximum atomic E-state index is 13.6. The molecule has 1 fully saturated rings. The minimum absolute atomic E-state index is 0. The van der Waals surface area contributed by atoms with Crippen molar-refractivity contribution < 1.29 is 8.42 Å². The van der Waals surface area contributed by atoms with E-state index < -0.39 is 10.0 Å². The van der Waals surface area contributed by atoms with E-state index >= 15 is 0 Å². The largest absolute Gasteiger partial charge is 0.347 e. The van der Waals surface area contributed by atoms with Gasteiger partial charge in [-0.05, 0) is 31.0 Å². The molecule has 0 amide bonds. The molecule has 5 nitrogen and oxygen atoms in total. The van der Waals surface area contributed by atoms with Gasteiger partial charge < -0.3 is 10.3 Å². The molecule has 0 bridgehead atoms. The second kappa shape index (κ2) is 7.87. The van der Waals surface area contributed by atoms with Crippen LogP contribution in [-0.2, 0) is 17.1 Å². The third-order valence-corrected chi connectivity index (χ3v) is 7.89. The summed E-state index contributed by atoms with van der Waals surface area (Å²) in [7, 11) is -1.69. The van der Waals surface area contributed by atoms with Gasteiger partial charge in [0, 0.05) is 42.7 Å². The van der Waals surface area contributed by atoms with E-state index in [1.54, 1.807) is 4.31 Å². The first-order chi connectivity index (χ1) is 12.9. The van der Waals surface area contributed by atoms with Crippen LogP contribution in [0.5, 0.6) is 0 Å². The highest BCUT2D eigenvalue weighted by molar-refractivity contribution is 7.89. The molecule has 2 atom stereocenters. The van der Waals surface area contributed by atoms with E-state index in [1.165, 1.54) is 0 Å². The number of aryl methyl sites for hydroxylation is 1. The van der Waals surface area contributed by atoms with Gasteiger partial charge >= 0.3 is 0 Å². The highest BCUT2D eigenvalue weighted by Crippen LogP contribution is 2.38. The summed E-state index contributed by atoms with van der Waals surface area (Å²) < 4.78 is 30.8. The fraction of sp³-hybridized carbons (Fsp3) is 0.333. The molecule has 7 heteroatoms. The van der Waals surface area contributed by atoms with Crippen LogP contribution in [-0.4, -0.2) is 36.9 Å². The van der Waals surface area contributed by atoms with Crippen molar-refractivity contribution in [1.82, 2.24) is 8.87 Å². The molecule has 1 aliphatic rings. The van der Waals surface area contributed by atoms with Crippen molar-refractivity contribution in [3.8, 4) is 0 Å². The van der Waals surface area contributed by atoms with Gasteiger partial charge in [0.1, 0.15) is 4.90 Å². The number of sulfonamides is 1. The van der Waals surface area contributed by atoms with Crippen molar-refractivity contribution in [1.29, 1.82) is 0 Å². The molecule has 1 saturated heterocycles. The summed E-state index contributed by atoms with van der Waals surface area (Å²) in [5.41, 5.74) is 8.86. The molecule has 2 N–H and O–H groups in total. The van der Waals surface area contributed by atoms with Crippen LogP contribution in [0.3, 0.4) is 0 Å². The van der Waals surface area contributed by atoms with Gasteiger partial charge in [-0.15, -0.1) is 12.4 Å². The Kier molecular flexibility index (Phi) is 5.87. The summed E-state index contributed by atoms with van der Waals surface area (Å²) in [4.78, 5) is 0.421. The standard InChI is InChI=1S/C21H25N3O2S.ClH/c1-15-21(18-10-6-7-11-20(18)23(15)2)27(25,26)24-13-17(12-22)19(14-24)16-8-4-3-5-9-16;/h3-11,17,19H,12-14,22H2,1-2H3;1H/t17-,19+;/m1./s1. The van der Waals surface area contributed by atoms with Crippen LogP contribution in [0.1, 0.15) is 17.2 Å². The fourth-order valence-electron chi connectivity index (χ4n) is 4.29. The molecule has 0 saturated carbocycles. The predicted octanol–water partition coefficient (Wildman–Crippen LogP) is 3.27. The molecular formula is C21H26ClN3O2S. The van der Waals surface area contributed by atoms with Crippen LogP contribution in [0.4, 0.5) is 0 Å². The average Bonchev–Trinajstić information content (AvgIpc) is 3.23. The number of hydrogen-bond donors (Lipinski definition) is 1. The number of nitrogens with zero attached hydrogens (tertiary/aromatic N) is 2. The van der Waals surface area contributed by atoms with Crippen LogP contribution in [0, 0.1) is 12.8 Å². The number of benzene rings is 2. The number of aromatic nitrogens is 1. The molecule has 2 heterocycles. The molecule has 3 aromatic rings. The number of para-hydroxylation sites is 1. The monoisotopic (exact) mass is 419 g/mol. The number of hydrogen-bond acceptors (Lipinski definition) is 3. The van der Waals surface area contributed by atoms with Crippen molar-refractivity contribution >= 4 is 33.3 Å². The lowest BCUT2D eigenvalue weighted by molar-refractivity contribution is 0.459. The van der Waals surface area contributed by atoms with E-state index in [0.29, 0.717) is 24.5 Å². The molecule has 1 aromatic heterocycles. The lowest BCUT2D eigenvalue weighted by atomic mass is 9.89. The van der Waals surface area contributed by atoms with E-state index in [-0.39, 0.29) is 24.2 Å². The van der Waals surface area contributed by atoms with Gasteiger partial charge in [-0.2, -0.15) is 4.31 Å². The van der Waals surface area contributed by atoms with Crippen molar-refractivity contribution in [3.63, 3.8) is 0 Å². The molecule has 1 aliphatic heterocycles. The first kappa shape index (κ1) is 20.9. The SMILES string of the molecule is Cc1c(S(=O)(=O)N2C[C@@H](CN)[C@H](c3ccccc3)C2)c2ccccc2n1C.Cl. The predicted molar refractivity (Wildman–Crippen MR) is 115 cm³/mol. The Morgan fingerprint density at radius 1 is 1.04 bits per heavy atom. The topological polar surface area (TPSA) is 68.3 Å². The zero-order valence-corrected chi connectivity index (χ0v) is 17.7. The lowest BCUT2D eigenvalue weighted by Gasteiger charge is -2.17. The van der Waals surface area contributed by atoms with E-state index in [4.69, 9.17) is 5.73 Å². The van der Waals surface area contributed by atoms with E-state index in [1.807, 2.05) is 61.0 Å². The van der Waals surface area contributed by atoms with Crippen LogP contribution in [0.2, 0.25) is 0 Å². The van der Waals surface area contributed by atoms with Crippen molar-refractivity contribution in [2.24, 2.45) is 18.7 Å². The van der Waals surface area contributed by atoms with Crippen LogP contribution in [0.25, 0.3) is 10.9 Å². The van der Waals surface area contributed by atoms with E-state index in [0.717, 1.165) is 22.2 Å². The maximum Gasteiger partial charge on any atom is 0.245 e. The molecule has 0 spiro atoms. The normalized spacial score (nSPS) is 20.4. The first-order valence-corrected chi connectivity index (χ1v) is 10.7. The van der Waals surface area contributed by atoms with Crippen LogP contribution >= 0.6 is 12.4 Å². The zero-order chi connectivity index (χ0) is 19.2. The summed E-state index contributed by atoms with van der Waals surface area (Å²) in [5, 5.41) is 0.782. The van der Waals surface area contributed by atoms with Gasteiger partial charge in [-0.25, -0.2) is 8.42 Å². The van der Waals surface area contributed by atoms with Gasteiger partial charge in [0.15, 0.2) is 0 Å². The third kappa shape index (κ3) is 3.24. The quantitative estimate of drug-likeness (QED) is 0.705. The summed E-state index contributed by atoms with van der Waals surface area (Å²) in [6.45, 7) is 3.27. The molecule has 150 valence electrons. The van der Waals surface area contributed by atoms with E-state index in [9.17, 15) is 8.42 Å². The summed E-state index contributed by atoms with van der Waals surface area (Å²) >= 11 is 0. The Bertz CT molecular complexity index is 1080. The Balaban J connectivity index is 0.00000225. The molecule has 0 radical (unpaired) electrons. The Labute approximate surface area is 172 Å². The minimum Gasteiger partial charge on any atom is -0.347 e. The molecule has 28 heavy (non-hydrogen) atoms. The van der Waals surface area contributed by atoms with Crippen LogP contribution < -0.4 is 5.73 Å². The number of fused-ring (bicyclic) bond motifs is 1. The highest BCUT2D eigenvalue weighted by atomic mass is 35.5. The summed E-state index contributed by atoms with van der Waals surface area (Å²) in [5.74, 6) is 0.249. The van der Waals surface area contributed by atoms with E-state index in [2.05, 4.69) is 12.1 Å². The highest BCUT2D eigenvalue weighted by Gasteiger charge is 2.41. The molecule has 2 aromatic carbocycles. The summed E-state index contributed by atoms with van der Waals surface area (Å²) in [6, 6.07) is 17.8. The van der Waals surface area contributed by atoms with Crippen molar-refractivity contribution in [3.05, 3.63) is 65.9 Å². The molecule has 0 unspecified atom stereocenters. The zero-order valence-electron chi connectivity index (χ0n) is 16.1. The summed E-state index contributed by atoms with van der Waals surface area (Å²) in [6.07, 6.45) is 0. The maximum absolute atomic E-state index is 13.6. The Morgan fingerprint density at radius 3 is 2.36 bits per heavy atom. The Morgan fingerprint density at radius 2 is 1.68 bits per heavy atom. The smallest absolute Gasteiger partial charge is 0.245 e. The second-order valence-electron chi connectivity index (χ2n) is 7.33. The average molecular weight is 420 g/mol. The van der Waals surface area contributed by atoms with Gasteiger partial charge in [0.25, 0.3) is 0 Å². The molecule has 4 rings (SSSR count). The molecule has 0 aliphatic carbocycles. The van der Waals surface area contributed by atoms with Gasteiger partial charge in [0.2, 0.25) is 10.0 Å². The molecular weight excluding hydrogens is 394 g/mol. The number of nitrogens with two attached hydrogens (primary N) is 1. The fourth-order valence-corrected chi connectivity index (χ4v) is 6.25. The first-order valence-electron chi connectivity index (χ1n) is 9.24. The van der Waals surface area contributed by atoms with Crippen LogP contribution in [0.15, 0.2) is 59.5 Å². The van der Waals surface area contributed by atoms with Gasteiger partial charge in [-0.1, -0.05) is 48.5 Å². The lowest BCUT2D eigenvalue weighted by Crippen LogP contribution is -2.30. The minimum atomic E-state index is -3.60. The Hall–Kier alpha value is -1.86. The van der Waals surface area contributed by atoms with Crippen molar-refractivity contribution in [2.75, 3.05) is 19.6 Å². The van der Waals surface area contributed by atoms with Gasteiger partial charge in [0.05, 0.1) is 0 Å². The second-order valence-corrected chi connectivity index (χ2v) is 9.20. The van der Waals surface area contributed by atoms with Crippen molar-refractivity contribution in [2.45, 2.75) is 17.7 Å². The number of rotatable bonds is 4. The van der Waals surface area contributed by atoms with Gasteiger partial charge in [-0.3, -0.25) is 0 Å². The third-order valence-electron chi connectivity index (χ3n) is 5.88.